The van der Waals surface area contributed by atoms with Crippen molar-refractivity contribution in [3.05, 3.63) is 11.8 Å². The fourth-order valence-electron chi connectivity index (χ4n) is 3.08. The molecule has 4 nitrogen and oxygen atoms in total. The van der Waals surface area contributed by atoms with E-state index >= 15 is 0 Å². The molecule has 0 radical (unpaired) electrons. The third-order valence-corrected chi connectivity index (χ3v) is 4.55. The molecule has 0 saturated heterocycles. The lowest BCUT2D eigenvalue weighted by molar-refractivity contribution is 0.192. The highest BCUT2D eigenvalue weighted by Crippen LogP contribution is 2.21. The summed E-state index contributed by atoms with van der Waals surface area (Å²) in [4.78, 5) is 10.6. The molecule has 4 heteroatoms. The highest BCUT2D eigenvalue weighted by Gasteiger charge is 2.18. The van der Waals surface area contributed by atoms with Gasteiger partial charge in [-0.1, -0.05) is 44.6 Å². The van der Waals surface area contributed by atoms with Crippen molar-refractivity contribution in [2.45, 2.75) is 90.1 Å². The van der Waals surface area contributed by atoms with Crippen LogP contribution in [0.25, 0.3) is 0 Å². The first-order valence-electron chi connectivity index (χ1n) is 8.68. The number of hydroxylamine groups is 1. The van der Waals surface area contributed by atoms with E-state index in [1.165, 1.54) is 64.2 Å². The average Bonchev–Trinajstić information content (AvgIpc) is 2.54. The van der Waals surface area contributed by atoms with Crippen molar-refractivity contribution in [1.82, 2.24) is 10.8 Å². The molecule has 0 aromatic carbocycles. The number of rotatable bonds is 4. The number of nitrogens with zero attached hydrogens (tertiary/aromatic N) is 1. The van der Waals surface area contributed by atoms with Gasteiger partial charge in [0.1, 0.15) is 0 Å². The predicted octanol–water partition coefficient (Wildman–Crippen LogP) is 4.04. The molecule has 120 valence electrons. The summed E-state index contributed by atoms with van der Waals surface area (Å²) in [6, 6.07) is 1.64. The molecule has 2 saturated carbocycles. The lowest BCUT2D eigenvalue weighted by Gasteiger charge is -2.26. The van der Waals surface area contributed by atoms with Gasteiger partial charge in [-0.3, -0.25) is 0 Å². The molecule has 0 amide bonds. The van der Waals surface area contributed by atoms with Crippen LogP contribution in [-0.2, 0) is 4.84 Å². The topological polar surface area (TPSA) is 45.6 Å². The third kappa shape index (κ3) is 5.98. The molecule has 2 aliphatic carbocycles. The fourth-order valence-corrected chi connectivity index (χ4v) is 3.08. The number of amidine groups is 1. The smallest absolute Gasteiger partial charge is 0.312 e. The van der Waals surface area contributed by atoms with Crippen LogP contribution in [0.5, 0.6) is 0 Å². The number of aliphatic imine (C=N–C) groups is 1. The summed E-state index contributed by atoms with van der Waals surface area (Å²) in [7, 11) is 0. The monoisotopic (exact) mass is 293 g/mol. The third-order valence-electron chi connectivity index (χ3n) is 4.55. The fraction of sp³-hybridized carbons (Fsp3) is 0.824. The number of allylic oxidation sites excluding steroid dienone is 2. The molecule has 0 spiro atoms. The zero-order chi connectivity index (χ0) is 14.9. The van der Waals surface area contributed by atoms with Crippen LogP contribution in [0.3, 0.4) is 0 Å². The lowest BCUT2D eigenvalue weighted by atomic mass is 9.95. The van der Waals surface area contributed by atoms with Gasteiger partial charge in [0.2, 0.25) is 0 Å². The van der Waals surface area contributed by atoms with Gasteiger partial charge in [-0.2, -0.15) is 0 Å². The van der Waals surface area contributed by atoms with Crippen molar-refractivity contribution in [3.8, 4) is 0 Å². The van der Waals surface area contributed by atoms with Crippen LogP contribution >= 0.6 is 0 Å². The summed E-state index contributed by atoms with van der Waals surface area (Å²) in [5.74, 6) is 0. The summed E-state index contributed by atoms with van der Waals surface area (Å²) in [6.07, 6.45) is 14.8. The van der Waals surface area contributed by atoms with Gasteiger partial charge < -0.3 is 10.2 Å². The van der Waals surface area contributed by atoms with Gasteiger partial charge in [0.15, 0.2) is 0 Å². The minimum Gasteiger partial charge on any atom is -0.343 e. The molecule has 0 heterocycles. The molecule has 0 atom stereocenters. The Morgan fingerprint density at radius 3 is 2.24 bits per heavy atom. The van der Waals surface area contributed by atoms with Gasteiger partial charge in [0.25, 0.3) is 0 Å². The number of hydrogen-bond acceptors (Lipinski definition) is 3. The van der Waals surface area contributed by atoms with Crippen molar-refractivity contribution < 1.29 is 4.84 Å². The first-order chi connectivity index (χ1) is 10.3. The SMILES string of the molecule is C/C=C(\C)NOC(=NC1CCCCC1)NC1CCCCC1. The second kappa shape index (κ2) is 8.96. The maximum Gasteiger partial charge on any atom is 0.312 e. The summed E-state index contributed by atoms with van der Waals surface area (Å²) in [5, 5.41) is 3.52. The van der Waals surface area contributed by atoms with E-state index in [0.29, 0.717) is 18.1 Å². The second-order valence-corrected chi connectivity index (χ2v) is 6.38. The Kier molecular flexibility index (Phi) is 6.90. The summed E-state index contributed by atoms with van der Waals surface area (Å²) in [5.41, 5.74) is 3.99. The first kappa shape index (κ1) is 16.2. The van der Waals surface area contributed by atoms with E-state index in [2.05, 4.69) is 10.8 Å². The molecule has 2 fully saturated rings. The Bertz CT molecular complexity index is 353. The van der Waals surface area contributed by atoms with E-state index in [1.807, 2.05) is 19.9 Å². The predicted molar refractivity (Wildman–Crippen MR) is 88.0 cm³/mol. The molecular weight excluding hydrogens is 262 g/mol. The molecular formula is C17H31N3O. The van der Waals surface area contributed by atoms with E-state index in [1.54, 1.807) is 0 Å². The van der Waals surface area contributed by atoms with E-state index in [9.17, 15) is 0 Å². The number of nitrogens with one attached hydrogen (secondary N) is 2. The maximum atomic E-state index is 5.72. The highest BCUT2D eigenvalue weighted by molar-refractivity contribution is 5.74. The normalized spacial score (nSPS) is 23.0. The quantitative estimate of drug-likeness (QED) is 0.467. The van der Waals surface area contributed by atoms with Crippen molar-refractivity contribution in [2.75, 3.05) is 0 Å². The summed E-state index contributed by atoms with van der Waals surface area (Å²) in [6.45, 7) is 4.00. The van der Waals surface area contributed by atoms with E-state index < -0.39 is 0 Å². The van der Waals surface area contributed by atoms with Crippen LogP contribution in [0, 0.1) is 0 Å². The van der Waals surface area contributed by atoms with Gasteiger partial charge in [-0.05, 0) is 39.5 Å². The van der Waals surface area contributed by atoms with Gasteiger partial charge in [-0.15, -0.1) is 0 Å². The second-order valence-electron chi connectivity index (χ2n) is 6.38. The van der Waals surface area contributed by atoms with E-state index in [0.717, 1.165) is 5.70 Å². The minimum absolute atomic E-state index is 0.428. The molecule has 2 rings (SSSR count). The van der Waals surface area contributed by atoms with Crippen molar-refractivity contribution in [3.63, 3.8) is 0 Å². The van der Waals surface area contributed by atoms with Crippen LogP contribution in [0.2, 0.25) is 0 Å². The molecule has 0 unspecified atom stereocenters. The summed E-state index contributed by atoms with van der Waals surface area (Å²) >= 11 is 0. The average molecular weight is 293 g/mol. The standard InChI is InChI=1S/C17H31N3O/c1-3-14(2)20-21-17(18-15-10-6-4-7-11-15)19-16-12-8-5-9-13-16/h3,15-16,20H,4-13H2,1-2H3,(H,18,19)/b14-3+. The molecule has 0 aromatic heterocycles. The van der Waals surface area contributed by atoms with Gasteiger partial charge >= 0.3 is 6.02 Å². The van der Waals surface area contributed by atoms with E-state index in [4.69, 9.17) is 9.83 Å². The first-order valence-corrected chi connectivity index (χ1v) is 8.68. The Morgan fingerprint density at radius 1 is 1.00 bits per heavy atom. The summed E-state index contributed by atoms with van der Waals surface area (Å²) < 4.78 is 0. The van der Waals surface area contributed by atoms with Crippen LogP contribution in [0.4, 0.5) is 0 Å². The molecule has 0 aliphatic heterocycles. The van der Waals surface area contributed by atoms with Crippen molar-refractivity contribution in [2.24, 2.45) is 4.99 Å². The van der Waals surface area contributed by atoms with Gasteiger partial charge in [0.05, 0.1) is 6.04 Å². The van der Waals surface area contributed by atoms with Crippen LogP contribution < -0.4 is 10.8 Å². The van der Waals surface area contributed by atoms with Crippen LogP contribution in [-0.4, -0.2) is 18.1 Å². The Balaban J connectivity index is 1.92. The molecule has 21 heavy (non-hydrogen) atoms. The van der Waals surface area contributed by atoms with Crippen LogP contribution in [0.1, 0.15) is 78.1 Å². The zero-order valence-electron chi connectivity index (χ0n) is 13.7. The van der Waals surface area contributed by atoms with Crippen molar-refractivity contribution >= 4 is 6.02 Å². The van der Waals surface area contributed by atoms with Gasteiger partial charge in [0, 0.05) is 11.7 Å². The number of hydrogen-bond donors (Lipinski definition) is 2. The minimum atomic E-state index is 0.428. The lowest BCUT2D eigenvalue weighted by Crippen LogP contribution is -2.40. The Morgan fingerprint density at radius 2 is 1.62 bits per heavy atom. The Hall–Kier alpha value is -1.19. The Labute approximate surface area is 129 Å². The largest absolute Gasteiger partial charge is 0.343 e. The molecule has 0 bridgehead atoms. The maximum absolute atomic E-state index is 5.72. The van der Waals surface area contributed by atoms with E-state index in [-0.39, 0.29) is 0 Å². The molecule has 2 N–H and O–H groups in total. The highest BCUT2D eigenvalue weighted by atomic mass is 16.7. The van der Waals surface area contributed by atoms with Crippen LogP contribution in [0.15, 0.2) is 16.8 Å². The van der Waals surface area contributed by atoms with Gasteiger partial charge in [-0.25, -0.2) is 10.5 Å². The van der Waals surface area contributed by atoms with Crippen molar-refractivity contribution in [1.29, 1.82) is 0 Å². The zero-order valence-corrected chi connectivity index (χ0v) is 13.7. The molecule has 2 aliphatic rings. The molecule has 0 aromatic rings.